The van der Waals surface area contributed by atoms with Crippen molar-refractivity contribution < 1.29 is 32.2 Å². The first-order valence-corrected chi connectivity index (χ1v) is 9.38. The van der Waals surface area contributed by atoms with Gasteiger partial charge in [0.1, 0.15) is 11.4 Å². The molecule has 26 heavy (non-hydrogen) atoms. The van der Waals surface area contributed by atoms with Crippen molar-refractivity contribution in [1.82, 2.24) is 10.0 Å². The van der Waals surface area contributed by atoms with Crippen molar-refractivity contribution in [1.29, 1.82) is 0 Å². The van der Waals surface area contributed by atoms with Gasteiger partial charge in [-0.25, -0.2) is 27.1 Å². The molecule has 0 unspecified atom stereocenters. The van der Waals surface area contributed by atoms with Crippen LogP contribution in [-0.4, -0.2) is 44.3 Å². The van der Waals surface area contributed by atoms with Gasteiger partial charge in [0.25, 0.3) is 0 Å². The largest absolute Gasteiger partial charge is 0.478 e. The van der Waals surface area contributed by atoms with Crippen LogP contribution in [0.2, 0.25) is 5.02 Å². The van der Waals surface area contributed by atoms with Crippen LogP contribution in [0.4, 0.5) is 9.18 Å². The number of sulfonamides is 1. The minimum Gasteiger partial charge on any atom is -0.478 e. The first kappa shape index (κ1) is 22.1. The number of aromatic carboxylic acids is 1. The van der Waals surface area contributed by atoms with E-state index in [2.05, 4.69) is 10.0 Å². The molecule has 0 saturated carbocycles. The molecule has 0 heterocycles. The van der Waals surface area contributed by atoms with Gasteiger partial charge < -0.3 is 15.2 Å². The lowest BCUT2D eigenvalue weighted by Gasteiger charge is -2.19. The molecule has 11 heteroatoms. The van der Waals surface area contributed by atoms with E-state index in [1.165, 1.54) is 0 Å². The molecule has 1 aromatic carbocycles. The van der Waals surface area contributed by atoms with E-state index in [9.17, 15) is 22.4 Å². The minimum atomic E-state index is -4.14. The Bertz CT molecular complexity index is 792. The Morgan fingerprint density at radius 1 is 1.27 bits per heavy atom. The van der Waals surface area contributed by atoms with E-state index in [0.29, 0.717) is 6.07 Å². The van der Waals surface area contributed by atoms with Crippen LogP contribution < -0.4 is 10.0 Å². The van der Waals surface area contributed by atoms with Gasteiger partial charge in [0.2, 0.25) is 10.0 Å². The van der Waals surface area contributed by atoms with Crippen molar-refractivity contribution in [3.8, 4) is 0 Å². The predicted octanol–water partition coefficient (Wildman–Crippen LogP) is 2.37. The number of carboxylic acid groups (broad SMARTS) is 1. The van der Waals surface area contributed by atoms with Gasteiger partial charge in [-0.15, -0.1) is 0 Å². The van der Waals surface area contributed by atoms with Crippen LogP contribution in [0.1, 0.15) is 37.6 Å². The summed E-state index contributed by atoms with van der Waals surface area (Å²) in [6.45, 7) is 5.20. The van der Waals surface area contributed by atoms with Gasteiger partial charge in [-0.05, 0) is 39.3 Å². The SMILES string of the molecule is CC(C)(C)OC(=O)NCCCNS(=O)(=O)c1cc(F)c(Cl)c(C(=O)O)c1. The maximum atomic E-state index is 13.6. The third-order valence-electron chi connectivity index (χ3n) is 2.86. The number of amides is 1. The summed E-state index contributed by atoms with van der Waals surface area (Å²) in [5.74, 6) is -2.70. The van der Waals surface area contributed by atoms with Crippen molar-refractivity contribution >= 4 is 33.7 Å². The van der Waals surface area contributed by atoms with E-state index >= 15 is 0 Å². The quantitative estimate of drug-likeness (QED) is 0.593. The average Bonchev–Trinajstić information content (AvgIpc) is 2.47. The van der Waals surface area contributed by atoms with E-state index in [4.69, 9.17) is 21.4 Å². The highest BCUT2D eigenvalue weighted by atomic mass is 35.5. The molecule has 0 bridgehead atoms. The molecule has 1 amide bonds. The van der Waals surface area contributed by atoms with E-state index < -0.39 is 49.0 Å². The Morgan fingerprint density at radius 2 is 1.88 bits per heavy atom. The van der Waals surface area contributed by atoms with E-state index in [1.807, 2.05) is 0 Å². The lowest BCUT2D eigenvalue weighted by atomic mass is 10.2. The molecule has 1 aromatic rings. The van der Waals surface area contributed by atoms with Crippen LogP contribution >= 0.6 is 11.6 Å². The van der Waals surface area contributed by atoms with Crippen LogP contribution in [0.15, 0.2) is 17.0 Å². The summed E-state index contributed by atoms with van der Waals surface area (Å²) >= 11 is 5.51. The molecule has 0 aliphatic rings. The van der Waals surface area contributed by atoms with Gasteiger partial charge in [-0.1, -0.05) is 11.6 Å². The standard InChI is InChI=1S/C15H20ClFN2O6S/c1-15(2,3)25-14(22)18-5-4-6-19-26(23,24)9-7-10(13(20)21)12(16)11(17)8-9/h7-8,19H,4-6H2,1-3H3,(H,18,22)(H,20,21). The number of hydrogen-bond acceptors (Lipinski definition) is 5. The first-order valence-electron chi connectivity index (χ1n) is 7.52. The van der Waals surface area contributed by atoms with E-state index in [1.54, 1.807) is 20.8 Å². The molecule has 0 aliphatic carbocycles. The maximum Gasteiger partial charge on any atom is 0.407 e. The summed E-state index contributed by atoms with van der Waals surface area (Å²) in [5.41, 5.74) is -1.30. The summed E-state index contributed by atoms with van der Waals surface area (Å²) in [5, 5.41) is 10.7. The summed E-state index contributed by atoms with van der Waals surface area (Å²) in [7, 11) is -4.14. The van der Waals surface area contributed by atoms with Gasteiger partial charge in [0.15, 0.2) is 0 Å². The van der Waals surface area contributed by atoms with Crippen molar-refractivity contribution in [2.45, 2.75) is 37.7 Å². The third kappa shape index (κ3) is 6.77. The van der Waals surface area contributed by atoms with Crippen molar-refractivity contribution in [2.24, 2.45) is 0 Å². The number of benzene rings is 1. The van der Waals surface area contributed by atoms with Crippen molar-refractivity contribution in [2.75, 3.05) is 13.1 Å². The Labute approximate surface area is 155 Å². The summed E-state index contributed by atoms with van der Waals surface area (Å²) in [6.07, 6.45) is -0.397. The van der Waals surface area contributed by atoms with Crippen LogP contribution in [0.5, 0.6) is 0 Å². The van der Waals surface area contributed by atoms with Gasteiger partial charge in [-0.2, -0.15) is 0 Å². The van der Waals surface area contributed by atoms with Gasteiger partial charge >= 0.3 is 12.1 Å². The Morgan fingerprint density at radius 3 is 2.42 bits per heavy atom. The number of halogens is 2. The zero-order valence-electron chi connectivity index (χ0n) is 14.4. The molecular weight excluding hydrogens is 391 g/mol. The third-order valence-corrected chi connectivity index (χ3v) is 4.68. The number of nitrogens with one attached hydrogen (secondary N) is 2. The fourth-order valence-corrected chi connectivity index (χ4v) is 3.06. The number of alkyl carbamates (subject to hydrolysis) is 1. The van der Waals surface area contributed by atoms with Crippen LogP contribution in [0, 0.1) is 5.82 Å². The summed E-state index contributed by atoms with van der Waals surface area (Å²) in [4.78, 5) is 21.9. The van der Waals surface area contributed by atoms with Gasteiger partial charge in [0.05, 0.1) is 15.5 Å². The number of ether oxygens (including phenoxy) is 1. The average molecular weight is 411 g/mol. The van der Waals surface area contributed by atoms with Crippen LogP contribution in [-0.2, 0) is 14.8 Å². The highest BCUT2D eigenvalue weighted by Crippen LogP contribution is 2.24. The molecule has 146 valence electrons. The number of carboxylic acids is 1. The molecule has 8 nitrogen and oxygen atoms in total. The highest BCUT2D eigenvalue weighted by Gasteiger charge is 2.21. The molecule has 0 spiro atoms. The molecule has 0 aromatic heterocycles. The smallest absolute Gasteiger partial charge is 0.407 e. The minimum absolute atomic E-state index is 0.0647. The number of rotatable bonds is 7. The van der Waals surface area contributed by atoms with E-state index in [-0.39, 0.29) is 19.5 Å². The maximum absolute atomic E-state index is 13.6. The predicted molar refractivity (Wildman–Crippen MR) is 92.4 cm³/mol. The second kappa shape index (κ2) is 8.65. The molecule has 0 radical (unpaired) electrons. The lowest BCUT2D eigenvalue weighted by Crippen LogP contribution is -2.34. The Kier molecular flexibility index (Phi) is 7.36. The fraction of sp³-hybridized carbons (Fsp3) is 0.467. The number of carbonyl (C=O) groups is 2. The van der Waals surface area contributed by atoms with Crippen LogP contribution in [0.3, 0.4) is 0 Å². The first-order chi connectivity index (χ1) is 11.8. The lowest BCUT2D eigenvalue weighted by molar-refractivity contribution is 0.0527. The Hall–Kier alpha value is -1.91. The number of hydrogen-bond donors (Lipinski definition) is 3. The molecule has 1 rings (SSSR count). The summed E-state index contributed by atoms with van der Waals surface area (Å²) < 4.78 is 45.1. The van der Waals surface area contributed by atoms with Crippen molar-refractivity contribution in [3.05, 3.63) is 28.5 Å². The zero-order chi connectivity index (χ0) is 20.1. The van der Waals surface area contributed by atoms with Gasteiger partial charge in [-0.3, -0.25) is 0 Å². The van der Waals surface area contributed by atoms with Crippen LogP contribution in [0.25, 0.3) is 0 Å². The fourth-order valence-electron chi connectivity index (χ4n) is 1.76. The molecule has 3 N–H and O–H groups in total. The molecule has 0 atom stereocenters. The second-order valence-corrected chi connectivity index (χ2v) is 8.40. The zero-order valence-corrected chi connectivity index (χ0v) is 16.0. The summed E-state index contributed by atoms with van der Waals surface area (Å²) in [6, 6.07) is 1.41. The number of carbonyl (C=O) groups excluding carboxylic acids is 1. The highest BCUT2D eigenvalue weighted by molar-refractivity contribution is 7.89. The molecule has 0 fully saturated rings. The molecule has 0 saturated heterocycles. The Balaban J connectivity index is 2.63. The monoisotopic (exact) mass is 410 g/mol. The second-order valence-electron chi connectivity index (χ2n) is 6.25. The normalized spacial score (nSPS) is 11.9. The van der Waals surface area contributed by atoms with E-state index in [0.717, 1.165) is 6.07 Å². The van der Waals surface area contributed by atoms with Crippen molar-refractivity contribution in [3.63, 3.8) is 0 Å². The van der Waals surface area contributed by atoms with Gasteiger partial charge in [0, 0.05) is 13.1 Å². The topological polar surface area (TPSA) is 122 Å². The molecule has 0 aliphatic heterocycles. The molecular formula is C15H20ClFN2O6S.